The van der Waals surface area contributed by atoms with E-state index >= 15 is 0 Å². The third kappa shape index (κ3) is 5.20. The van der Waals surface area contributed by atoms with Crippen LogP contribution in [0.2, 0.25) is 0 Å². The Morgan fingerprint density at radius 2 is 2.15 bits per heavy atom. The van der Waals surface area contributed by atoms with Gasteiger partial charge in [0.05, 0.1) is 30.1 Å². The lowest BCUT2D eigenvalue weighted by molar-refractivity contribution is -0.116. The van der Waals surface area contributed by atoms with Crippen LogP contribution in [0.3, 0.4) is 0 Å². The number of imidazole rings is 1. The van der Waals surface area contributed by atoms with Crippen LogP contribution in [0, 0.1) is 6.57 Å². The Balaban J connectivity index is 1.48. The maximum Gasteiger partial charge on any atom is 0.268 e. The molecule has 0 bridgehead atoms. The maximum absolute atomic E-state index is 11.5. The molecule has 0 aromatic carbocycles. The maximum atomic E-state index is 11.5. The molecule has 0 amide bonds. The molecule has 1 aliphatic rings. The van der Waals surface area contributed by atoms with Gasteiger partial charge in [-0.15, -0.1) is 0 Å². The summed E-state index contributed by atoms with van der Waals surface area (Å²) in [5.74, 6) is 2.44. The fourth-order valence-electron chi connectivity index (χ4n) is 4.84. The molecule has 1 saturated heterocycles. The number of pyridine rings is 2. The minimum Gasteiger partial charge on any atom is -0.455 e. The van der Waals surface area contributed by atoms with Gasteiger partial charge in [0.15, 0.2) is 17.2 Å². The highest BCUT2D eigenvalue weighted by atomic mass is 16.5. The quantitative estimate of drug-likeness (QED) is 0.305. The van der Waals surface area contributed by atoms with Crippen molar-refractivity contribution in [1.29, 1.82) is 0 Å². The molecule has 11 heteroatoms. The van der Waals surface area contributed by atoms with Gasteiger partial charge < -0.3 is 24.2 Å². The lowest BCUT2D eigenvalue weighted by Gasteiger charge is -2.17. The first kappa shape index (κ1) is 26.3. The van der Waals surface area contributed by atoms with E-state index in [1.54, 1.807) is 24.5 Å². The number of rotatable bonds is 9. The number of hydrogen-bond donors (Lipinski definition) is 1. The van der Waals surface area contributed by atoms with Crippen LogP contribution in [0.5, 0.6) is 11.5 Å². The predicted molar refractivity (Wildman–Crippen MR) is 146 cm³/mol. The molecule has 1 N–H and O–H groups in total. The number of ketones is 1. The molecule has 4 aromatic heterocycles. The van der Waals surface area contributed by atoms with E-state index in [0.29, 0.717) is 54.2 Å². The zero-order valence-corrected chi connectivity index (χ0v) is 22.9. The van der Waals surface area contributed by atoms with E-state index < -0.39 is 5.54 Å². The van der Waals surface area contributed by atoms with Crippen molar-refractivity contribution in [2.24, 2.45) is 7.05 Å². The highest BCUT2D eigenvalue weighted by molar-refractivity contribution is 5.81. The second kappa shape index (κ2) is 10.5. The molecule has 0 spiro atoms. The van der Waals surface area contributed by atoms with Crippen molar-refractivity contribution in [2.45, 2.75) is 58.5 Å². The molecule has 0 unspecified atom stereocenters. The van der Waals surface area contributed by atoms with Crippen LogP contribution in [0.25, 0.3) is 16.0 Å². The molecule has 202 valence electrons. The molecule has 5 heterocycles. The Morgan fingerprint density at radius 1 is 1.33 bits per heavy atom. The minimum absolute atomic E-state index is 0.0399. The van der Waals surface area contributed by atoms with Gasteiger partial charge in [-0.05, 0) is 25.8 Å². The van der Waals surface area contributed by atoms with E-state index in [1.165, 1.54) is 6.92 Å². The summed E-state index contributed by atoms with van der Waals surface area (Å²) < 4.78 is 15.7. The smallest absolute Gasteiger partial charge is 0.268 e. The molecule has 0 aliphatic carbocycles. The molecule has 5 rings (SSSR count). The van der Waals surface area contributed by atoms with Crippen molar-refractivity contribution in [2.75, 3.05) is 18.5 Å². The Bertz CT molecular complexity index is 1570. The normalized spacial score (nSPS) is 15.4. The Kier molecular flexibility index (Phi) is 7.06. The predicted octanol–water partition coefficient (Wildman–Crippen LogP) is 4.91. The summed E-state index contributed by atoms with van der Waals surface area (Å²) in [6.07, 6.45) is 5.11. The van der Waals surface area contributed by atoms with E-state index in [2.05, 4.69) is 27.1 Å². The molecule has 1 fully saturated rings. The van der Waals surface area contributed by atoms with Gasteiger partial charge in [-0.25, -0.2) is 11.6 Å². The second-order valence-corrected chi connectivity index (χ2v) is 10.3. The van der Waals surface area contributed by atoms with Crippen molar-refractivity contribution in [1.82, 2.24) is 29.3 Å². The van der Waals surface area contributed by atoms with Gasteiger partial charge in [0, 0.05) is 57.8 Å². The first-order chi connectivity index (χ1) is 18.7. The minimum atomic E-state index is -0.734. The number of aromatic nitrogens is 6. The Morgan fingerprint density at radius 3 is 2.85 bits per heavy atom. The number of carbonyl (C=O) groups is 1. The highest BCUT2D eigenvalue weighted by Crippen LogP contribution is 2.35. The summed E-state index contributed by atoms with van der Waals surface area (Å²) in [7, 11) is 1.92. The van der Waals surface area contributed by atoms with E-state index in [0.717, 1.165) is 23.2 Å². The molecule has 0 radical (unpaired) electrons. The topological polar surface area (TPSA) is 113 Å². The average Bonchev–Trinajstić information content (AvgIpc) is 3.64. The van der Waals surface area contributed by atoms with Crippen molar-refractivity contribution >= 4 is 28.7 Å². The lowest BCUT2D eigenvalue weighted by atomic mass is 10.0. The lowest BCUT2D eigenvalue weighted by Crippen LogP contribution is -2.22. The number of Topliss-reactive ketones (excluding diaryl/α,β-unsaturated/α-hetero) is 1. The summed E-state index contributed by atoms with van der Waals surface area (Å²) in [4.78, 5) is 28.9. The third-order valence-corrected chi connectivity index (χ3v) is 6.90. The van der Waals surface area contributed by atoms with Crippen LogP contribution in [-0.2, 0) is 35.0 Å². The number of fused-ring (bicyclic) bond motifs is 1. The Labute approximate surface area is 227 Å². The second-order valence-electron chi connectivity index (χ2n) is 10.3. The number of nitrogens with zero attached hydrogens (tertiary/aromatic N) is 7. The molecular formula is C28H32N8O3. The molecular weight excluding hydrogens is 496 g/mol. The van der Waals surface area contributed by atoms with Gasteiger partial charge in [-0.2, -0.15) is 10.1 Å². The summed E-state index contributed by atoms with van der Waals surface area (Å²) in [5.41, 5.74) is 3.14. The number of hydrogen-bond acceptors (Lipinski definition) is 8. The average molecular weight is 529 g/mol. The van der Waals surface area contributed by atoms with Crippen molar-refractivity contribution in [3.8, 4) is 11.5 Å². The van der Waals surface area contributed by atoms with Crippen LogP contribution in [0.15, 0.2) is 30.6 Å². The molecule has 1 aliphatic heterocycles. The van der Waals surface area contributed by atoms with Gasteiger partial charge in [-0.1, -0.05) is 6.92 Å². The summed E-state index contributed by atoms with van der Waals surface area (Å²) in [6.45, 7) is 16.4. The van der Waals surface area contributed by atoms with Gasteiger partial charge in [0.1, 0.15) is 17.2 Å². The fourth-order valence-corrected chi connectivity index (χ4v) is 4.84. The SMILES string of the molecule is [C-]#[N+]C(C)(C)c1cc(Nc2nc3ncc(Oc4ccnc(CC(C)=O)c4)c(CC)c3n2C)nn1[C@@H]1CCOC1. The van der Waals surface area contributed by atoms with Gasteiger partial charge in [0.25, 0.3) is 5.54 Å². The monoisotopic (exact) mass is 528 g/mol. The number of aryl methyl sites for hydroxylation is 2. The number of ether oxygens (including phenoxy) is 2. The summed E-state index contributed by atoms with van der Waals surface area (Å²) in [6, 6.07) is 5.54. The van der Waals surface area contributed by atoms with Gasteiger partial charge >= 0.3 is 0 Å². The van der Waals surface area contributed by atoms with Crippen LogP contribution in [0.1, 0.15) is 57.1 Å². The number of anilines is 2. The van der Waals surface area contributed by atoms with Crippen molar-refractivity contribution in [3.05, 3.63) is 59.0 Å². The first-order valence-electron chi connectivity index (χ1n) is 13.0. The van der Waals surface area contributed by atoms with E-state index in [1.807, 2.05) is 36.2 Å². The standard InChI is InChI=1S/C28H32N8O3/c1-7-21-22(39-20-8-10-30-18(13-20)12-17(2)37)15-31-26-25(21)35(6)27(33-26)32-24-14-23(28(3,4)29-5)36(34-24)19-9-11-38-16-19/h8,10,13-15,19H,7,9,11-12,16H2,1-4,6H3,(H,31,32,33,34)/t19-/m1/s1. The highest BCUT2D eigenvalue weighted by Gasteiger charge is 2.35. The van der Waals surface area contributed by atoms with E-state index in [4.69, 9.17) is 26.1 Å². The molecule has 0 saturated carbocycles. The summed E-state index contributed by atoms with van der Waals surface area (Å²) >= 11 is 0. The largest absolute Gasteiger partial charge is 0.455 e. The van der Waals surface area contributed by atoms with Crippen molar-refractivity contribution in [3.63, 3.8) is 0 Å². The van der Waals surface area contributed by atoms with Crippen LogP contribution >= 0.6 is 0 Å². The van der Waals surface area contributed by atoms with Crippen LogP contribution in [-0.4, -0.2) is 48.3 Å². The van der Waals surface area contributed by atoms with Crippen LogP contribution in [0.4, 0.5) is 11.8 Å². The van der Waals surface area contributed by atoms with Crippen LogP contribution < -0.4 is 10.1 Å². The third-order valence-electron chi connectivity index (χ3n) is 6.90. The molecule has 4 aromatic rings. The number of carbonyl (C=O) groups excluding carboxylic acids is 1. The number of nitrogens with one attached hydrogen (secondary N) is 1. The first-order valence-corrected chi connectivity index (χ1v) is 13.0. The zero-order valence-electron chi connectivity index (χ0n) is 22.9. The molecule has 11 nitrogen and oxygen atoms in total. The zero-order chi connectivity index (χ0) is 27.7. The van der Waals surface area contributed by atoms with E-state index in [-0.39, 0.29) is 18.2 Å². The molecule has 1 atom stereocenters. The van der Waals surface area contributed by atoms with Gasteiger partial charge in [-0.3, -0.25) is 14.5 Å². The van der Waals surface area contributed by atoms with E-state index in [9.17, 15) is 4.79 Å². The fraction of sp³-hybridized carbons (Fsp3) is 0.429. The summed E-state index contributed by atoms with van der Waals surface area (Å²) in [5, 5.41) is 8.15. The van der Waals surface area contributed by atoms with Crippen molar-refractivity contribution < 1.29 is 14.3 Å². The molecule has 39 heavy (non-hydrogen) atoms. The Hall–Kier alpha value is -4.30. The van der Waals surface area contributed by atoms with Gasteiger partial charge in [0.2, 0.25) is 5.95 Å².